The van der Waals surface area contributed by atoms with Gasteiger partial charge in [-0.25, -0.2) is 0 Å². The molecule has 1 aliphatic heterocycles. The SMILES string of the molecule is CN(CCCCN1C(=O)c2ccccc2C1=O)C(=O)c1cc2c(Br)cccc2[nH]1. The van der Waals surface area contributed by atoms with Crippen molar-refractivity contribution in [2.24, 2.45) is 0 Å². The molecule has 1 aromatic heterocycles. The number of rotatable bonds is 6. The largest absolute Gasteiger partial charge is 0.350 e. The second-order valence-electron chi connectivity index (χ2n) is 7.13. The van der Waals surface area contributed by atoms with Crippen LogP contribution in [0.2, 0.25) is 0 Å². The van der Waals surface area contributed by atoms with Gasteiger partial charge in [0.2, 0.25) is 0 Å². The Kier molecular flexibility index (Phi) is 5.24. The average Bonchev–Trinajstić information content (AvgIpc) is 3.26. The summed E-state index contributed by atoms with van der Waals surface area (Å²) in [4.78, 5) is 43.5. The Bertz CT molecular complexity index is 1090. The zero-order chi connectivity index (χ0) is 20.5. The van der Waals surface area contributed by atoms with Crippen LogP contribution < -0.4 is 0 Å². The molecule has 0 saturated heterocycles. The van der Waals surface area contributed by atoms with Gasteiger partial charge in [0.1, 0.15) is 5.69 Å². The van der Waals surface area contributed by atoms with Crippen LogP contribution >= 0.6 is 15.9 Å². The summed E-state index contributed by atoms with van der Waals surface area (Å²) in [6.45, 7) is 0.895. The molecular weight excluding hydrogens is 434 g/mol. The van der Waals surface area contributed by atoms with Crippen LogP contribution in [-0.4, -0.2) is 52.6 Å². The lowest BCUT2D eigenvalue weighted by molar-refractivity contribution is 0.0645. The molecule has 7 heteroatoms. The van der Waals surface area contributed by atoms with Gasteiger partial charge in [0.15, 0.2) is 0 Å². The lowest BCUT2D eigenvalue weighted by Gasteiger charge is -2.18. The zero-order valence-corrected chi connectivity index (χ0v) is 17.5. The predicted molar refractivity (Wildman–Crippen MR) is 114 cm³/mol. The van der Waals surface area contributed by atoms with Gasteiger partial charge < -0.3 is 9.88 Å². The number of hydrogen-bond acceptors (Lipinski definition) is 3. The summed E-state index contributed by atoms with van der Waals surface area (Å²) in [6.07, 6.45) is 1.33. The summed E-state index contributed by atoms with van der Waals surface area (Å²) in [7, 11) is 1.75. The minimum Gasteiger partial charge on any atom is -0.350 e. The number of halogens is 1. The number of benzene rings is 2. The van der Waals surface area contributed by atoms with Gasteiger partial charge >= 0.3 is 0 Å². The van der Waals surface area contributed by atoms with Gasteiger partial charge in [-0.2, -0.15) is 0 Å². The van der Waals surface area contributed by atoms with Crippen molar-refractivity contribution in [1.29, 1.82) is 0 Å². The van der Waals surface area contributed by atoms with E-state index in [0.717, 1.165) is 15.4 Å². The maximum absolute atomic E-state index is 12.7. The summed E-state index contributed by atoms with van der Waals surface area (Å²) >= 11 is 3.50. The summed E-state index contributed by atoms with van der Waals surface area (Å²) in [5.41, 5.74) is 2.38. The topological polar surface area (TPSA) is 73.5 Å². The van der Waals surface area contributed by atoms with Crippen molar-refractivity contribution < 1.29 is 14.4 Å². The third-order valence-electron chi connectivity index (χ3n) is 5.19. The Morgan fingerprint density at radius 2 is 1.72 bits per heavy atom. The van der Waals surface area contributed by atoms with E-state index in [9.17, 15) is 14.4 Å². The monoisotopic (exact) mass is 453 g/mol. The fourth-order valence-electron chi connectivity index (χ4n) is 3.60. The standard InChI is InChI=1S/C22H20BrN3O3/c1-25(22(29)19-13-16-17(23)9-6-10-18(16)24-19)11-4-5-12-26-20(27)14-7-2-3-8-15(14)21(26)28/h2-3,6-10,13,24H,4-5,11-12H2,1H3. The zero-order valence-electron chi connectivity index (χ0n) is 15.9. The van der Waals surface area contributed by atoms with E-state index >= 15 is 0 Å². The highest BCUT2D eigenvalue weighted by atomic mass is 79.9. The molecule has 148 valence electrons. The van der Waals surface area contributed by atoms with Crippen LogP contribution in [0.1, 0.15) is 44.0 Å². The summed E-state index contributed by atoms with van der Waals surface area (Å²) in [5.74, 6) is -0.564. The van der Waals surface area contributed by atoms with Crippen molar-refractivity contribution in [2.75, 3.05) is 20.1 Å². The molecule has 6 nitrogen and oxygen atoms in total. The van der Waals surface area contributed by atoms with Crippen LogP contribution in [0.15, 0.2) is 53.0 Å². The van der Waals surface area contributed by atoms with E-state index in [1.807, 2.05) is 24.3 Å². The number of imide groups is 1. The lowest BCUT2D eigenvalue weighted by atomic mass is 10.1. The first-order valence-electron chi connectivity index (χ1n) is 9.45. The molecule has 1 N–H and O–H groups in total. The van der Waals surface area contributed by atoms with Crippen molar-refractivity contribution in [3.8, 4) is 0 Å². The molecule has 0 saturated carbocycles. The summed E-state index contributed by atoms with van der Waals surface area (Å²) in [6, 6.07) is 14.5. The third-order valence-corrected chi connectivity index (χ3v) is 5.88. The van der Waals surface area contributed by atoms with E-state index < -0.39 is 0 Å². The maximum Gasteiger partial charge on any atom is 0.270 e. The number of carbonyl (C=O) groups is 3. The molecule has 0 aliphatic carbocycles. The predicted octanol–water partition coefficient (Wildman–Crippen LogP) is 4.08. The van der Waals surface area contributed by atoms with Crippen molar-refractivity contribution in [1.82, 2.24) is 14.8 Å². The first kappa shape index (κ1) is 19.4. The van der Waals surface area contributed by atoms with E-state index in [-0.39, 0.29) is 17.7 Å². The van der Waals surface area contributed by atoms with E-state index in [2.05, 4.69) is 20.9 Å². The second kappa shape index (κ2) is 7.83. The van der Waals surface area contributed by atoms with Crippen LogP contribution in [0.25, 0.3) is 10.9 Å². The van der Waals surface area contributed by atoms with E-state index in [1.165, 1.54) is 4.90 Å². The van der Waals surface area contributed by atoms with Crippen molar-refractivity contribution >= 4 is 44.6 Å². The van der Waals surface area contributed by atoms with Crippen LogP contribution in [0.5, 0.6) is 0 Å². The van der Waals surface area contributed by atoms with E-state index in [1.54, 1.807) is 36.2 Å². The molecule has 0 spiro atoms. The molecule has 0 fully saturated rings. The molecule has 0 atom stereocenters. The first-order valence-corrected chi connectivity index (χ1v) is 10.2. The molecule has 2 aromatic carbocycles. The number of nitrogens with one attached hydrogen (secondary N) is 1. The molecular formula is C22H20BrN3O3. The first-order chi connectivity index (χ1) is 14.0. The van der Waals surface area contributed by atoms with Gasteiger partial charge in [-0.3, -0.25) is 19.3 Å². The number of carbonyl (C=O) groups excluding carboxylic acids is 3. The highest BCUT2D eigenvalue weighted by Crippen LogP contribution is 2.25. The number of fused-ring (bicyclic) bond motifs is 2. The number of aromatic amines is 1. The molecule has 0 bridgehead atoms. The second-order valence-corrected chi connectivity index (χ2v) is 7.98. The molecule has 3 amide bonds. The molecule has 1 aliphatic rings. The van der Waals surface area contributed by atoms with E-state index in [0.29, 0.717) is 42.8 Å². The Balaban J connectivity index is 1.31. The third kappa shape index (κ3) is 3.58. The summed E-state index contributed by atoms with van der Waals surface area (Å²) in [5, 5.41) is 0.967. The summed E-state index contributed by atoms with van der Waals surface area (Å²) < 4.78 is 0.939. The van der Waals surface area contributed by atoms with Gasteiger partial charge in [-0.05, 0) is 43.2 Å². The molecule has 29 heavy (non-hydrogen) atoms. The van der Waals surface area contributed by atoms with Crippen molar-refractivity contribution in [3.05, 3.63) is 69.8 Å². The van der Waals surface area contributed by atoms with Gasteiger partial charge in [0.05, 0.1) is 11.1 Å². The highest BCUT2D eigenvalue weighted by molar-refractivity contribution is 9.10. The number of aromatic nitrogens is 1. The quantitative estimate of drug-likeness (QED) is 0.451. The highest BCUT2D eigenvalue weighted by Gasteiger charge is 2.34. The average molecular weight is 454 g/mol. The Labute approximate surface area is 176 Å². The van der Waals surface area contributed by atoms with E-state index in [4.69, 9.17) is 0 Å². The minimum absolute atomic E-state index is 0.0890. The molecule has 0 unspecified atom stereocenters. The fourth-order valence-corrected chi connectivity index (χ4v) is 4.08. The number of hydrogen-bond donors (Lipinski definition) is 1. The van der Waals surface area contributed by atoms with Crippen molar-refractivity contribution in [2.45, 2.75) is 12.8 Å². The van der Waals surface area contributed by atoms with Crippen molar-refractivity contribution in [3.63, 3.8) is 0 Å². The molecule has 2 heterocycles. The Hall–Kier alpha value is -2.93. The Morgan fingerprint density at radius 3 is 2.38 bits per heavy atom. The van der Waals surface area contributed by atoms with Gasteiger partial charge in [0, 0.05) is 35.5 Å². The minimum atomic E-state index is -0.237. The van der Waals surface area contributed by atoms with Gasteiger partial charge in [-0.1, -0.05) is 34.1 Å². The maximum atomic E-state index is 12.7. The molecule has 3 aromatic rings. The number of amides is 3. The number of H-pyrrole nitrogens is 1. The van der Waals surface area contributed by atoms with Gasteiger partial charge in [-0.15, -0.1) is 0 Å². The smallest absolute Gasteiger partial charge is 0.270 e. The Morgan fingerprint density at radius 1 is 1.03 bits per heavy atom. The number of nitrogens with zero attached hydrogens (tertiary/aromatic N) is 2. The fraction of sp³-hybridized carbons (Fsp3) is 0.227. The van der Waals surface area contributed by atoms with Crippen LogP contribution in [-0.2, 0) is 0 Å². The lowest BCUT2D eigenvalue weighted by Crippen LogP contribution is -2.32. The van der Waals surface area contributed by atoms with Crippen LogP contribution in [0.4, 0.5) is 0 Å². The van der Waals surface area contributed by atoms with Crippen LogP contribution in [0.3, 0.4) is 0 Å². The molecule has 0 radical (unpaired) electrons. The molecule has 4 rings (SSSR count). The van der Waals surface area contributed by atoms with Gasteiger partial charge in [0.25, 0.3) is 17.7 Å². The van der Waals surface area contributed by atoms with Crippen LogP contribution in [0, 0.1) is 0 Å². The number of unbranched alkanes of at least 4 members (excludes halogenated alkanes) is 1. The normalized spacial score (nSPS) is 13.2.